The maximum absolute atomic E-state index is 12.7. The highest BCUT2D eigenvalue weighted by Gasteiger charge is 2.33. The van der Waals surface area contributed by atoms with E-state index in [1.807, 2.05) is 29.0 Å². The van der Waals surface area contributed by atoms with Crippen molar-refractivity contribution in [2.45, 2.75) is 0 Å². The maximum Gasteiger partial charge on any atom is 0.270 e. The molecular weight excluding hydrogens is 378 g/mol. The Balaban J connectivity index is 1.62. The summed E-state index contributed by atoms with van der Waals surface area (Å²) in [7, 11) is 0. The first-order chi connectivity index (χ1) is 11.7. The number of hydrogen-bond donors (Lipinski definition) is 0. The fraction of sp³-hybridized carbons (Fsp3) is 0. The molecule has 1 aliphatic heterocycles. The second-order valence-corrected chi connectivity index (χ2v) is 8.26. The number of carbonyl (C=O) groups is 1. The van der Waals surface area contributed by atoms with Crippen LogP contribution in [0.1, 0.15) is 5.69 Å². The Labute approximate surface area is 155 Å². The average Bonchev–Trinajstić information content (AvgIpc) is 3.31. The summed E-state index contributed by atoms with van der Waals surface area (Å²) in [4.78, 5) is 24.5. The highest BCUT2D eigenvalue weighted by Crippen LogP contribution is 2.36. The van der Waals surface area contributed by atoms with E-state index >= 15 is 0 Å². The van der Waals surface area contributed by atoms with Gasteiger partial charge in [-0.15, -0.1) is 22.7 Å². The summed E-state index contributed by atoms with van der Waals surface area (Å²) in [6, 6.07) is 7.64. The first-order valence-corrected chi connectivity index (χ1v) is 9.88. The van der Waals surface area contributed by atoms with Crippen LogP contribution in [0.2, 0.25) is 0 Å². The predicted molar refractivity (Wildman–Crippen MR) is 105 cm³/mol. The van der Waals surface area contributed by atoms with Gasteiger partial charge >= 0.3 is 0 Å². The molecule has 24 heavy (non-hydrogen) atoms. The molecule has 1 aliphatic rings. The van der Waals surface area contributed by atoms with Gasteiger partial charge in [0.1, 0.15) is 5.01 Å². The second kappa shape index (κ2) is 6.56. The molecule has 3 aromatic rings. The van der Waals surface area contributed by atoms with E-state index in [2.05, 4.69) is 9.97 Å². The van der Waals surface area contributed by atoms with Crippen LogP contribution in [-0.2, 0) is 4.79 Å². The number of hydrogen-bond acceptors (Lipinski definition) is 7. The van der Waals surface area contributed by atoms with E-state index in [-0.39, 0.29) is 5.91 Å². The van der Waals surface area contributed by atoms with Crippen LogP contribution in [0.4, 0.5) is 5.69 Å². The Kier molecular flexibility index (Phi) is 4.28. The molecule has 0 aromatic carbocycles. The number of nitrogens with zero attached hydrogens (tertiary/aromatic N) is 3. The average molecular weight is 388 g/mol. The van der Waals surface area contributed by atoms with Crippen molar-refractivity contribution in [2.75, 3.05) is 4.90 Å². The van der Waals surface area contributed by atoms with Crippen molar-refractivity contribution in [3.63, 3.8) is 0 Å². The summed E-state index contributed by atoms with van der Waals surface area (Å²) in [5.74, 6) is -0.135. The van der Waals surface area contributed by atoms with Gasteiger partial charge in [-0.05, 0) is 29.7 Å². The number of thiazole rings is 1. The van der Waals surface area contributed by atoms with Crippen LogP contribution in [0, 0.1) is 0 Å². The quantitative estimate of drug-likeness (QED) is 0.483. The summed E-state index contributed by atoms with van der Waals surface area (Å²) >= 11 is 9.85. The molecule has 0 aliphatic carbocycles. The van der Waals surface area contributed by atoms with Crippen molar-refractivity contribution in [3.05, 3.63) is 58.0 Å². The lowest BCUT2D eigenvalue weighted by atomic mass is 10.3. The van der Waals surface area contributed by atoms with Crippen molar-refractivity contribution >= 4 is 68.6 Å². The number of thioether (sulfide) groups is 1. The van der Waals surface area contributed by atoms with Gasteiger partial charge in [0.25, 0.3) is 5.91 Å². The summed E-state index contributed by atoms with van der Waals surface area (Å²) in [6.07, 6.45) is 5.09. The summed E-state index contributed by atoms with van der Waals surface area (Å²) in [5.41, 5.74) is 1.45. The number of carbonyl (C=O) groups excluding carboxylic acids is 1. The standard InChI is InChI=1S/C16H9N3OS4/c20-15-13(24-16(21)19(15)11-3-1-5-17-8-11)7-10-9-23-14(18-10)12-4-2-6-22-12/h1-9H. The number of pyridine rings is 1. The van der Waals surface area contributed by atoms with Gasteiger partial charge in [0.15, 0.2) is 4.32 Å². The molecule has 1 fully saturated rings. The van der Waals surface area contributed by atoms with E-state index in [1.165, 1.54) is 16.7 Å². The number of aromatic nitrogens is 2. The van der Waals surface area contributed by atoms with Crippen LogP contribution >= 0.6 is 46.7 Å². The van der Waals surface area contributed by atoms with Gasteiger partial charge in [-0.25, -0.2) is 4.98 Å². The van der Waals surface area contributed by atoms with E-state index in [4.69, 9.17) is 12.2 Å². The number of rotatable bonds is 3. The normalized spacial score (nSPS) is 16.3. The fourth-order valence-electron chi connectivity index (χ4n) is 2.18. The third kappa shape index (κ3) is 2.93. The van der Waals surface area contributed by atoms with Crippen molar-refractivity contribution in [1.82, 2.24) is 9.97 Å². The van der Waals surface area contributed by atoms with Gasteiger partial charge < -0.3 is 0 Å². The minimum atomic E-state index is -0.135. The van der Waals surface area contributed by atoms with Gasteiger partial charge in [-0.3, -0.25) is 14.7 Å². The molecule has 4 nitrogen and oxygen atoms in total. The summed E-state index contributed by atoms with van der Waals surface area (Å²) in [6.45, 7) is 0. The zero-order valence-electron chi connectivity index (χ0n) is 12.1. The van der Waals surface area contributed by atoms with E-state index < -0.39 is 0 Å². The largest absolute Gasteiger partial charge is 0.270 e. The highest BCUT2D eigenvalue weighted by atomic mass is 32.2. The van der Waals surface area contributed by atoms with Gasteiger partial charge in [-0.1, -0.05) is 30.0 Å². The van der Waals surface area contributed by atoms with Crippen LogP contribution in [0.25, 0.3) is 16.0 Å². The van der Waals surface area contributed by atoms with E-state index in [1.54, 1.807) is 47.2 Å². The number of thiophene rings is 1. The van der Waals surface area contributed by atoms with Crippen molar-refractivity contribution < 1.29 is 4.79 Å². The Bertz CT molecular complexity index is 931. The Morgan fingerprint density at radius 2 is 2.12 bits per heavy atom. The van der Waals surface area contributed by atoms with Gasteiger partial charge in [0.2, 0.25) is 0 Å². The molecular formula is C16H9N3OS4. The van der Waals surface area contributed by atoms with E-state index in [9.17, 15) is 4.79 Å². The van der Waals surface area contributed by atoms with Gasteiger partial charge in [0, 0.05) is 11.6 Å². The van der Waals surface area contributed by atoms with Crippen LogP contribution in [0.3, 0.4) is 0 Å². The first-order valence-electron chi connectivity index (χ1n) is 6.90. The number of anilines is 1. The highest BCUT2D eigenvalue weighted by molar-refractivity contribution is 8.27. The first kappa shape index (κ1) is 15.6. The summed E-state index contributed by atoms with van der Waals surface area (Å²) < 4.78 is 0.507. The SMILES string of the molecule is O=C1C(=Cc2csc(-c3cccs3)n2)SC(=S)N1c1cccnc1. The minimum Gasteiger partial charge on any atom is -0.268 e. The molecule has 4 rings (SSSR count). The van der Waals surface area contributed by atoms with Crippen molar-refractivity contribution in [2.24, 2.45) is 0 Å². The second-order valence-electron chi connectivity index (χ2n) is 4.78. The van der Waals surface area contributed by atoms with Crippen molar-refractivity contribution in [1.29, 1.82) is 0 Å². The zero-order chi connectivity index (χ0) is 16.5. The minimum absolute atomic E-state index is 0.135. The Morgan fingerprint density at radius 3 is 2.88 bits per heavy atom. The van der Waals surface area contributed by atoms with E-state index in [0.717, 1.165) is 15.6 Å². The molecule has 4 heterocycles. The molecule has 118 valence electrons. The molecule has 3 aromatic heterocycles. The summed E-state index contributed by atoms with van der Waals surface area (Å²) in [5, 5.41) is 4.93. The number of thiocarbonyl (C=S) groups is 1. The Morgan fingerprint density at radius 1 is 1.21 bits per heavy atom. The molecule has 1 saturated heterocycles. The molecule has 0 spiro atoms. The molecule has 0 saturated carbocycles. The zero-order valence-corrected chi connectivity index (χ0v) is 15.3. The fourth-order valence-corrected chi connectivity index (χ4v) is 5.05. The molecule has 1 amide bonds. The lowest BCUT2D eigenvalue weighted by Crippen LogP contribution is -2.27. The monoisotopic (exact) mass is 387 g/mol. The van der Waals surface area contributed by atoms with E-state index in [0.29, 0.717) is 14.9 Å². The molecule has 8 heteroatoms. The van der Waals surface area contributed by atoms with Gasteiger partial charge in [-0.2, -0.15) is 0 Å². The third-order valence-corrected chi connectivity index (χ3v) is 6.43. The molecule has 0 N–H and O–H groups in total. The molecule has 0 unspecified atom stereocenters. The number of amides is 1. The van der Waals surface area contributed by atoms with Crippen molar-refractivity contribution in [3.8, 4) is 9.88 Å². The van der Waals surface area contributed by atoms with Crippen LogP contribution in [-0.4, -0.2) is 20.2 Å². The van der Waals surface area contributed by atoms with Crippen LogP contribution in [0.15, 0.2) is 52.3 Å². The molecule has 0 atom stereocenters. The molecule has 0 radical (unpaired) electrons. The van der Waals surface area contributed by atoms with Gasteiger partial charge in [0.05, 0.1) is 27.4 Å². The molecule has 0 bridgehead atoms. The smallest absolute Gasteiger partial charge is 0.268 e. The predicted octanol–water partition coefficient (Wildman–Crippen LogP) is 4.67. The van der Waals surface area contributed by atoms with Crippen LogP contribution < -0.4 is 4.90 Å². The Hall–Kier alpha value is -1.87. The maximum atomic E-state index is 12.7. The lowest BCUT2D eigenvalue weighted by molar-refractivity contribution is -0.113. The third-order valence-electron chi connectivity index (χ3n) is 3.23. The van der Waals surface area contributed by atoms with Crippen LogP contribution in [0.5, 0.6) is 0 Å². The topological polar surface area (TPSA) is 46.1 Å². The lowest BCUT2D eigenvalue weighted by Gasteiger charge is -2.13.